The predicted octanol–water partition coefficient (Wildman–Crippen LogP) is 0.0613. The zero-order chi connectivity index (χ0) is 14.2. The molecule has 0 radical (unpaired) electrons. The third-order valence-corrected chi connectivity index (χ3v) is 1.93. The molecule has 0 aromatic rings. The topological polar surface area (TPSA) is 105 Å². The van der Waals surface area contributed by atoms with Crippen LogP contribution < -0.4 is 10.8 Å². The van der Waals surface area contributed by atoms with Crippen molar-refractivity contribution in [2.24, 2.45) is 5.41 Å². The molecule has 0 aromatic heterocycles. The van der Waals surface area contributed by atoms with E-state index in [9.17, 15) is 14.4 Å². The summed E-state index contributed by atoms with van der Waals surface area (Å²) in [6.07, 6.45) is 0.619. The molecule has 104 valence electrons. The Morgan fingerprint density at radius 3 is 2.33 bits per heavy atom. The number of aliphatic carboxylic acids is 1. The minimum Gasteiger partial charge on any atom is -0.479 e. The zero-order valence-corrected chi connectivity index (χ0v) is 10.9. The van der Waals surface area contributed by atoms with E-state index in [1.165, 1.54) is 0 Å². The van der Waals surface area contributed by atoms with Gasteiger partial charge >= 0.3 is 5.97 Å². The molecule has 0 saturated carbocycles. The third kappa shape index (κ3) is 8.51. The summed E-state index contributed by atoms with van der Waals surface area (Å²) < 4.78 is 0. The van der Waals surface area contributed by atoms with Crippen LogP contribution in [0.15, 0.2) is 0 Å². The lowest BCUT2D eigenvalue weighted by atomic mass is 9.96. The first-order valence-electron chi connectivity index (χ1n) is 5.64. The molecule has 0 unspecified atom stereocenters. The second-order valence-corrected chi connectivity index (χ2v) is 4.82. The molecule has 0 fully saturated rings. The molecule has 7 nitrogen and oxygen atoms in total. The lowest BCUT2D eigenvalue weighted by Crippen LogP contribution is -2.35. The van der Waals surface area contributed by atoms with Crippen LogP contribution in [0.2, 0.25) is 0 Å². The summed E-state index contributed by atoms with van der Waals surface area (Å²) in [7, 11) is 0. The van der Waals surface area contributed by atoms with Gasteiger partial charge in [-0.25, -0.2) is 10.3 Å². The number of carboxylic acids is 1. The number of amides is 2. The fourth-order valence-corrected chi connectivity index (χ4v) is 0.945. The Kier molecular flexibility index (Phi) is 6.96. The highest BCUT2D eigenvalue weighted by molar-refractivity contribution is 5.81. The van der Waals surface area contributed by atoms with E-state index in [4.69, 9.17) is 5.11 Å². The normalized spacial score (nSPS) is 10.8. The molecular weight excluding hydrogens is 240 g/mol. The third-order valence-electron chi connectivity index (χ3n) is 1.93. The highest BCUT2D eigenvalue weighted by Crippen LogP contribution is 2.12. The van der Waals surface area contributed by atoms with Crippen LogP contribution >= 0.6 is 0 Å². The maximum Gasteiger partial charge on any atom is 0.332 e. The standard InChI is InChI=1S/C11H20N2O5/c1-11(2,3)10(17)12-6-4-5-8(14)13-18-7-9(15)16/h4-7H2,1-3H3,(H,12,17)(H,13,14)(H,15,16). The largest absolute Gasteiger partial charge is 0.479 e. The van der Waals surface area contributed by atoms with Gasteiger partial charge in [0.25, 0.3) is 0 Å². The number of rotatable bonds is 7. The van der Waals surface area contributed by atoms with Crippen molar-refractivity contribution in [2.75, 3.05) is 13.2 Å². The lowest BCUT2D eigenvalue weighted by molar-refractivity contribution is -0.149. The fourth-order valence-electron chi connectivity index (χ4n) is 0.945. The molecule has 0 rings (SSSR count). The van der Waals surface area contributed by atoms with Gasteiger partial charge in [0.2, 0.25) is 11.8 Å². The molecule has 0 heterocycles. The number of carbonyl (C=O) groups excluding carboxylic acids is 2. The molecule has 0 aromatic carbocycles. The Hall–Kier alpha value is -1.63. The van der Waals surface area contributed by atoms with Crippen LogP contribution in [0, 0.1) is 5.41 Å². The van der Waals surface area contributed by atoms with E-state index in [1.54, 1.807) is 20.8 Å². The van der Waals surface area contributed by atoms with Gasteiger partial charge in [-0.05, 0) is 6.42 Å². The Morgan fingerprint density at radius 1 is 1.22 bits per heavy atom. The summed E-state index contributed by atoms with van der Waals surface area (Å²) in [5, 5.41) is 11.0. The maximum absolute atomic E-state index is 11.5. The van der Waals surface area contributed by atoms with Crippen LogP contribution in [0.25, 0.3) is 0 Å². The Balaban J connectivity index is 3.58. The first kappa shape index (κ1) is 16.4. The Bertz CT molecular complexity index is 309. The zero-order valence-electron chi connectivity index (χ0n) is 10.9. The van der Waals surface area contributed by atoms with Crippen LogP contribution in [-0.4, -0.2) is 36.0 Å². The first-order chi connectivity index (χ1) is 8.23. The molecule has 0 atom stereocenters. The minimum absolute atomic E-state index is 0.0787. The van der Waals surface area contributed by atoms with E-state index in [-0.39, 0.29) is 12.3 Å². The van der Waals surface area contributed by atoms with E-state index in [0.717, 1.165) is 0 Å². The van der Waals surface area contributed by atoms with Crippen LogP contribution in [0.5, 0.6) is 0 Å². The van der Waals surface area contributed by atoms with Gasteiger partial charge < -0.3 is 10.4 Å². The molecule has 0 aliphatic rings. The van der Waals surface area contributed by atoms with E-state index in [2.05, 4.69) is 10.2 Å². The summed E-state index contributed by atoms with van der Waals surface area (Å²) in [5.41, 5.74) is 1.55. The van der Waals surface area contributed by atoms with Crippen LogP contribution in [0.4, 0.5) is 0 Å². The van der Waals surface area contributed by atoms with Gasteiger partial charge in [0.05, 0.1) is 0 Å². The van der Waals surface area contributed by atoms with Gasteiger partial charge in [-0.3, -0.25) is 14.4 Å². The molecule has 0 saturated heterocycles. The summed E-state index contributed by atoms with van der Waals surface area (Å²) in [6.45, 7) is 5.22. The predicted molar refractivity (Wildman–Crippen MR) is 63.4 cm³/mol. The lowest BCUT2D eigenvalue weighted by Gasteiger charge is -2.17. The van der Waals surface area contributed by atoms with Crippen molar-refractivity contribution in [1.29, 1.82) is 0 Å². The van der Waals surface area contributed by atoms with Crippen molar-refractivity contribution < 1.29 is 24.3 Å². The van der Waals surface area contributed by atoms with Crippen molar-refractivity contribution in [3.8, 4) is 0 Å². The first-order valence-corrected chi connectivity index (χ1v) is 5.64. The van der Waals surface area contributed by atoms with E-state index < -0.39 is 23.9 Å². The summed E-state index contributed by atoms with van der Waals surface area (Å²) in [6, 6.07) is 0. The average molecular weight is 260 g/mol. The molecule has 2 amide bonds. The highest BCUT2D eigenvalue weighted by Gasteiger charge is 2.20. The quantitative estimate of drug-likeness (QED) is 0.443. The highest BCUT2D eigenvalue weighted by atomic mass is 16.7. The Morgan fingerprint density at radius 2 is 1.83 bits per heavy atom. The number of hydrogen-bond donors (Lipinski definition) is 3. The minimum atomic E-state index is -1.16. The molecule has 0 spiro atoms. The molecule has 0 aliphatic heterocycles. The fraction of sp³-hybridized carbons (Fsp3) is 0.727. The van der Waals surface area contributed by atoms with Crippen LogP contribution in [0.3, 0.4) is 0 Å². The van der Waals surface area contributed by atoms with E-state index in [1.807, 2.05) is 5.48 Å². The number of carboxylic acid groups (broad SMARTS) is 1. The van der Waals surface area contributed by atoms with E-state index in [0.29, 0.717) is 13.0 Å². The van der Waals surface area contributed by atoms with Crippen molar-refractivity contribution in [1.82, 2.24) is 10.8 Å². The average Bonchev–Trinajstić information content (AvgIpc) is 2.22. The summed E-state index contributed by atoms with van der Waals surface area (Å²) in [5.74, 6) is -1.65. The van der Waals surface area contributed by atoms with Crippen molar-refractivity contribution in [3.05, 3.63) is 0 Å². The molecule has 7 heteroatoms. The molecule has 3 N–H and O–H groups in total. The van der Waals surface area contributed by atoms with Gasteiger partial charge in [0.15, 0.2) is 6.61 Å². The maximum atomic E-state index is 11.5. The number of hydrogen-bond acceptors (Lipinski definition) is 4. The van der Waals surface area contributed by atoms with Crippen molar-refractivity contribution in [2.45, 2.75) is 33.6 Å². The number of nitrogens with one attached hydrogen (secondary N) is 2. The van der Waals surface area contributed by atoms with E-state index >= 15 is 0 Å². The van der Waals surface area contributed by atoms with Crippen molar-refractivity contribution in [3.63, 3.8) is 0 Å². The SMILES string of the molecule is CC(C)(C)C(=O)NCCCC(=O)NOCC(=O)O. The van der Waals surface area contributed by atoms with Gasteiger partial charge in [0.1, 0.15) is 0 Å². The number of hydroxylamine groups is 1. The number of carbonyl (C=O) groups is 3. The smallest absolute Gasteiger partial charge is 0.332 e. The van der Waals surface area contributed by atoms with Crippen molar-refractivity contribution >= 4 is 17.8 Å². The second-order valence-electron chi connectivity index (χ2n) is 4.82. The summed E-state index contributed by atoms with van der Waals surface area (Å²) >= 11 is 0. The van der Waals surface area contributed by atoms with Crippen LogP contribution in [0.1, 0.15) is 33.6 Å². The Labute approximate surface area is 106 Å². The molecular formula is C11H20N2O5. The van der Waals surface area contributed by atoms with Crippen LogP contribution in [-0.2, 0) is 19.2 Å². The summed E-state index contributed by atoms with van der Waals surface area (Å²) in [4.78, 5) is 37.1. The molecule has 0 aliphatic carbocycles. The van der Waals surface area contributed by atoms with Gasteiger partial charge in [-0.15, -0.1) is 0 Å². The molecule has 0 bridgehead atoms. The monoisotopic (exact) mass is 260 g/mol. The second kappa shape index (κ2) is 7.65. The van der Waals surface area contributed by atoms with Gasteiger partial charge in [0, 0.05) is 18.4 Å². The molecule has 18 heavy (non-hydrogen) atoms. The van der Waals surface area contributed by atoms with Gasteiger partial charge in [-0.1, -0.05) is 20.8 Å². The van der Waals surface area contributed by atoms with Gasteiger partial charge in [-0.2, -0.15) is 0 Å².